The summed E-state index contributed by atoms with van der Waals surface area (Å²) in [5, 5.41) is 2.12. The van der Waals surface area contributed by atoms with Crippen LogP contribution in [0.2, 0.25) is 5.15 Å². The number of hydrogen-bond acceptors (Lipinski definition) is 4. The average molecular weight is 346 g/mol. The lowest BCUT2D eigenvalue weighted by atomic mass is 10.2. The minimum absolute atomic E-state index is 0.323. The minimum Gasteiger partial charge on any atom is -0.481 e. The zero-order chi connectivity index (χ0) is 17.2. The summed E-state index contributed by atoms with van der Waals surface area (Å²) in [6, 6.07) is 3.68. The zero-order valence-electron chi connectivity index (χ0n) is 12.0. The Hall–Kier alpha value is -2.35. The van der Waals surface area contributed by atoms with Crippen LogP contribution in [0.4, 0.5) is 18.9 Å². The number of nitrogens with one attached hydrogen (secondary N) is 1. The van der Waals surface area contributed by atoms with Crippen LogP contribution in [0.1, 0.15) is 21.6 Å². The SMILES string of the molecule is COc1ccc(NC(=O)c2cc(C(F)(F)F)cnc2Cl)c(C)n1. The summed E-state index contributed by atoms with van der Waals surface area (Å²) in [5.74, 6) is -0.470. The van der Waals surface area contributed by atoms with Crippen LogP contribution in [-0.4, -0.2) is 23.0 Å². The Labute approximate surface area is 134 Å². The van der Waals surface area contributed by atoms with Crippen molar-refractivity contribution in [2.45, 2.75) is 13.1 Å². The van der Waals surface area contributed by atoms with Crippen molar-refractivity contribution in [2.75, 3.05) is 12.4 Å². The van der Waals surface area contributed by atoms with Gasteiger partial charge in [0.1, 0.15) is 5.15 Å². The lowest BCUT2D eigenvalue weighted by Crippen LogP contribution is -2.16. The van der Waals surface area contributed by atoms with Gasteiger partial charge in [-0.1, -0.05) is 11.6 Å². The number of halogens is 4. The minimum atomic E-state index is -4.62. The number of aryl methyl sites for hydroxylation is 1. The number of pyridine rings is 2. The molecule has 0 aliphatic heterocycles. The van der Waals surface area contributed by atoms with E-state index in [2.05, 4.69) is 15.3 Å². The smallest absolute Gasteiger partial charge is 0.417 e. The first-order valence-electron chi connectivity index (χ1n) is 6.28. The van der Waals surface area contributed by atoms with Crippen molar-refractivity contribution in [1.82, 2.24) is 9.97 Å². The molecule has 122 valence electrons. The Balaban J connectivity index is 2.31. The van der Waals surface area contributed by atoms with E-state index in [1.807, 2.05) is 0 Å². The fraction of sp³-hybridized carbons (Fsp3) is 0.214. The average Bonchev–Trinajstić information content (AvgIpc) is 2.48. The van der Waals surface area contributed by atoms with E-state index < -0.39 is 17.6 Å². The van der Waals surface area contributed by atoms with E-state index in [1.54, 1.807) is 6.92 Å². The molecule has 2 rings (SSSR count). The third-order valence-electron chi connectivity index (χ3n) is 2.93. The molecule has 2 aromatic heterocycles. The number of amides is 1. The van der Waals surface area contributed by atoms with Gasteiger partial charge in [0.25, 0.3) is 5.91 Å². The highest BCUT2D eigenvalue weighted by molar-refractivity contribution is 6.33. The molecule has 1 N–H and O–H groups in total. The maximum atomic E-state index is 12.7. The number of rotatable bonds is 3. The monoisotopic (exact) mass is 345 g/mol. The van der Waals surface area contributed by atoms with Crippen molar-refractivity contribution >= 4 is 23.2 Å². The molecule has 0 atom stereocenters. The van der Waals surface area contributed by atoms with Crippen LogP contribution in [0.15, 0.2) is 24.4 Å². The van der Waals surface area contributed by atoms with E-state index in [0.717, 1.165) is 0 Å². The summed E-state index contributed by atoms with van der Waals surface area (Å²) in [4.78, 5) is 19.6. The lowest BCUT2D eigenvalue weighted by Gasteiger charge is -2.11. The molecule has 5 nitrogen and oxygen atoms in total. The molecule has 0 fully saturated rings. The van der Waals surface area contributed by atoms with E-state index in [9.17, 15) is 18.0 Å². The van der Waals surface area contributed by atoms with Crippen LogP contribution in [0.25, 0.3) is 0 Å². The molecule has 9 heteroatoms. The number of carbonyl (C=O) groups is 1. The molecule has 1 amide bonds. The number of methoxy groups -OCH3 is 1. The Morgan fingerprint density at radius 1 is 1.35 bits per heavy atom. The summed E-state index contributed by atoms with van der Waals surface area (Å²) >= 11 is 5.72. The fourth-order valence-electron chi connectivity index (χ4n) is 1.74. The molecule has 2 heterocycles. The first-order valence-corrected chi connectivity index (χ1v) is 6.66. The molecular formula is C14H11ClF3N3O2. The zero-order valence-corrected chi connectivity index (χ0v) is 12.8. The molecule has 0 saturated heterocycles. The van der Waals surface area contributed by atoms with E-state index >= 15 is 0 Å². The number of alkyl halides is 3. The number of anilines is 1. The van der Waals surface area contributed by atoms with Crippen LogP contribution in [0.5, 0.6) is 5.88 Å². The van der Waals surface area contributed by atoms with Gasteiger partial charge in [0, 0.05) is 12.3 Å². The molecular weight excluding hydrogens is 335 g/mol. The van der Waals surface area contributed by atoms with Crippen molar-refractivity contribution in [3.63, 3.8) is 0 Å². The van der Waals surface area contributed by atoms with E-state index in [-0.39, 0.29) is 10.7 Å². The lowest BCUT2D eigenvalue weighted by molar-refractivity contribution is -0.137. The second-order valence-electron chi connectivity index (χ2n) is 4.50. The van der Waals surface area contributed by atoms with Gasteiger partial charge in [-0.25, -0.2) is 9.97 Å². The maximum Gasteiger partial charge on any atom is 0.417 e. The molecule has 0 saturated carbocycles. The Morgan fingerprint density at radius 3 is 2.61 bits per heavy atom. The molecule has 0 aliphatic carbocycles. The summed E-state index contributed by atoms with van der Waals surface area (Å²) in [5.41, 5.74) is -0.675. The van der Waals surface area contributed by atoms with Crippen molar-refractivity contribution in [2.24, 2.45) is 0 Å². The second-order valence-corrected chi connectivity index (χ2v) is 4.86. The van der Waals surface area contributed by atoms with Crippen molar-refractivity contribution < 1.29 is 22.7 Å². The van der Waals surface area contributed by atoms with Crippen LogP contribution in [0.3, 0.4) is 0 Å². The molecule has 0 spiro atoms. The number of carbonyl (C=O) groups excluding carboxylic acids is 1. The van der Waals surface area contributed by atoms with E-state index in [1.165, 1.54) is 19.2 Å². The quantitative estimate of drug-likeness (QED) is 0.861. The number of ether oxygens (including phenoxy) is 1. The summed E-state index contributed by atoms with van der Waals surface area (Å²) in [7, 11) is 1.44. The van der Waals surface area contributed by atoms with Gasteiger partial charge >= 0.3 is 6.18 Å². The fourth-order valence-corrected chi connectivity index (χ4v) is 1.92. The van der Waals surface area contributed by atoms with E-state index in [0.29, 0.717) is 29.5 Å². The van der Waals surface area contributed by atoms with Gasteiger partial charge in [0.05, 0.1) is 29.6 Å². The summed E-state index contributed by atoms with van der Waals surface area (Å²) in [6.07, 6.45) is -4.05. The van der Waals surface area contributed by atoms with Crippen LogP contribution in [-0.2, 0) is 6.18 Å². The Morgan fingerprint density at radius 2 is 2.04 bits per heavy atom. The van der Waals surface area contributed by atoms with Gasteiger partial charge < -0.3 is 10.1 Å². The number of nitrogens with zero attached hydrogens (tertiary/aromatic N) is 2. The Kier molecular flexibility index (Phi) is 4.74. The van der Waals surface area contributed by atoms with Crippen molar-refractivity contribution in [3.05, 3.63) is 46.4 Å². The van der Waals surface area contributed by atoms with Gasteiger partial charge in [0.2, 0.25) is 5.88 Å². The molecule has 0 radical (unpaired) electrons. The molecule has 0 aromatic carbocycles. The number of hydrogen-bond donors (Lipinski definition) is 1. The topological polar surface area (TPSA) is 64.1 Å². The highest BCUT2D eigenvalue weighted by Gasteiger charge is 2.32. The van der Waals surface area contributed by atoms with Crippen LogP contribution in [0, 0.1) is 6.92 Å². The van der Waals surface area contributed by atoms with Crippen LogP contribution >= 0.6 is 11.6 Å². The third kappa shape index (κ3) is 3.89. The number of aromatic nitrogens is 2. The molecule has 0 aliphatic rings. The standard InChI is InChI=1S/C14H11ClF3N3O2/c1-7-10(3-4-11(20-7)23-2)21-13(22)9-5-8(14(16,17)18)6-19-12(9)15/h3-6H,1-2H3,(H,21,22). The predicted molar refractivity (Wildman–Crippen MR) is 77.7 cm³/mol. The molecule has 2 aromatic rings. The highest BCUT2D eigenvalue weighted by Crippen LogP contribution is 2.31. The summed E-state index contributed by atoms with van der Waals surface area (Å²) < 4.78 is 43.0. The molecule has 23 heavy (non-hydrogen) atoms. The highest BCUT2D eigenvalue weighted by atomic mass is 35.5. The molecule has 0 bridgehead atoms. The largest absolute Gasteiger partial charge is 0.481 e. The van der Waals surface area contributed by atoms with Gasteiger partial charge in [-0.3, -0.25) is 4.79 Å². The first-order chi connectivity index (χ1) is 10.7. The van der Waals surface area contributed by atoms with Gasteiger partial charge in [-0.05, 0) is 19.1 Å². The normalized spacial score (nSPS) is 11.2. The van der Waals surface area contributed by atoms with E-state index in [4.69, 9.17) is 16.3 Å². The maximum absolute atomic E-state index is 12.7. The summed E-state index contributed by atoms with van der Waals surface area (Å²) in [6.45, 7) is 1.62. The predicted octanol–water partition coefficient (Wildman–Crippen LogP) is 3.72. The van der Waals surface area contributed by atoms with Crippen molar-refractivity contribution in [3.8, 4) is 5.88 Å². The van der Waals surface area contributed by atoms with Crippen LogP contribution < -0.4 is 10.1 Å². The second kappa shape index (κ2) is 6.41. The molecule has 0 unspecified atom stereocenters. The van der Waals surface area contributed by atoms with Gasteiger partial charge in [-0.15, -0.1) is 0 Å². The Bertz CT molecular complexity index is 751. The van der Waals surface area contributed by atoms with Gasteiger partial charge in [-0.2, -0.15) is 13.2 Å². The van der Waals surface area contributed by atoms with Gasteiger partial charge in [0.15, 0.2) is 0 Å². The third-order valence-corrected chi connectivity index (χ3v) is 3.23. The first kappa shape index (κ1) is 17.0. The van der Waals surface area contributed by atoms with Crippen molar-refractivity contribution in [1.29, 1.82) is 0 Å².